The molecule has 2 aromatic rings. The van der Waals surface area contributed by atoms with Crippen LogP contribution in [0.5, 0.6) is 0 Å². The van der Waals surface area contributed by atoms with E-state index in [2.05, 4.69) is 5.10 Å². The molecule has 196 valence electrons. The second-order valence-corrected chi connectivity index (χ2v) is 11.0. The Kier molecular flexibility index (Phi) is 7.16. The van der Waals surface area contributed by atoms with E-state index < -0.39 is 40.8 Å². The van der Waals surface area contributed by atoms with Gasteiger partial charge < -0.3 is 9.84 Å². The molecule has 1 atom stereocenters. The summed E-state index contributed by atoms with van der Waals surface area (Å²) in [6, 6.07) is 5.30. The molecule has 1 fully saturated rings. The molecule has 1 unspecified atom stereocenters. The molecule has 1 aromatic heterocycles. The lowest BCUT2D eigenvalue weighted by atomic mass is 9.85. The predicted octanol–water partition coefficient (Wildman–Crippen LogP) is 6.23. The van der Waals surface area contributed by atoms with E-state index in [9.17, 15) is 24.0 Å². The third-order valence-electron chi connectivity index (χ3n) is 5.71. The van der Waals surface area contributed by atoms with Crippen molar-refractivity contribution in [3.05, 3.63) is 41.1 Å². The van der Waals surface area contributed by atoms with Gasteiger partial charge in [0.25, 0.3) is 5.91 Å². The number of carbonyl (C=O) groups is 3. The van der Waals surface area contributed by atoms with Gasteiger partial charge in [0.2, 0.25) is 0 Å². The SMILES string of the molecule is CC(C(=O)N(F)c1c(C(C)(C)C)c(C2CC2)nn1C(=O)O)c1ccc(N(F)C(=O)OC(C)(C)C)cc1. The molecule has 1 aliphatic rings. The van der Waals surface area contributed by atoms with Crippen LogP contribution in [0.4, 0.5) is 30.1 Å². The van der Waals surface area contributed by atoms with E-state index in [1.807, 2.05) is 0 Å². The molecule has 1 aromatic carbocycles. The predicted molar refractivity (Wildman–Crippen MR) is 130 cm³/mol. The second-order valence-electron chi connectivity index (χ2n) is 11.0. The van der Waals surface area contributed by atoms with Crippen LogP contribution in [0.2, 0.25) is 0 Å². The molecule has 0 spiro atoms. The van der Waals surface area contributed by atoms with Crippen LogP contribution < -0.4 is 10.2 Å². The van der Waals surface area contributed by atoms with Gasteiger partial charge >= 0.3 is 12.2 Å². The van der Waals surface area contributed by atoms with Gasteiger partial charge in [-0.05, 0) is 63.6 Å². The first kappa shape index (κ1) is 27.1. The standard InChI is InChI=1S/C25H32F2N4O5/c1-14(15-10-12-17(13-11-15)29(26)23(35)36-25(5,6)7)21(32)30(27)20-18(24(2,3)4)19(16-8-9-16)28-31(20)22(33)34/h10-14,16H,8-9H2,1-7H3,(H,33,34). The molecule has 9 nitrogen and oxygen atoms in total. The third-order valence-corrected chi connectivity index (χ3v) is 5.71. The molecular weight excluding hydrogens is 474 g/mol. The summed E-state index contributed by atoms with van der Waals surface area (Å²) in [4.78, 5) is 37.0. The van der Waals surface area contributed by atoms with Crippen LogP contribution in [-0.2, 0) is 14.9 Å². The van der Waals surface area contributed by atoms with Crippen molar-refractivity contribution in [3.63, 3.8) is 0 Å². The Labute approximate surface area is 208 Å². The largest absolute Gasteiger partial charge is 0.463 e. The zero-order valence-corrected chi connectivity index (χ0v) is 21.5. The Morgan fingerprint density at radius 3 is 2.06 bits per heavy atom. The average Bonchev–Trinajstić information content (AvgIpc) is 3.53. The smallest absolute Gasteiger partial charge is 0.443 e. The van der Waals surface area contributed by atoms with Crippen LogP contribution in [0.3, 0.4) is 0 Å². The first-order chi connectivity index (χ1) is 16.5. The number of carbonyl (C=O) groups excluding carboxylic acids is 2. The Balaban J connectivity index is 1.89. The van der Waals surface area contributed by atoms with Crippen molar-refractivity contribution >= 4 is 29.6 Å². The van der Waals surface area contributed by atoms with E-state index in [1.165, 1.54) is 31.2 Å². The Hall–Kier alpha value is -3.50. The highest BCUT2D eigenvalue weighted by Crippen LogP contribution is 2.47. The maximum Gasteiger partial charge on any atom is 0.443 e. The van der Waals surface area contributed by atoms with Gasteiger partial charge in [-0.15, -0.1) is 14.9 Å². The fourth-order valence-electron chi connectivity index (χ4n) is 3.82. The molecule has 0 radical (unpaired) electrons. The van der Waals surface area contributed by atoms with Crippen LogP contribution in [-0.4, -0.2) is 38.6 Å². The third kappa shape index (κ3) is 5.66. The minimum absolute atomic E-state index is 0.0284. The highest BCUT2D eigenvalue weighted by Gasteiger charge is 2.41. The number of benzene rings is 1. The monoisotopic (exact) mass is 506 g/mol. The lowest BCUT2D eigenvalue weighted by Crippen LogP contribution is -2.32. The topological polar surface area (TPSA) is 105 Å². The molecular formula is C25H32F2N4O5. The van der Waals surface area contributed by atoms with Gasteiger partial charge in [-0.3, -0.25) is 4.79 Å². The maximum absolute atomic E-state index is 15.7. The number of hydrogen-bond acceptors (Lipinski definition) is 5. The highest BCUT2D eigenvalue weighted by atomic mass is 19.2. The minimum atomic E-state index is -1.50. The van der Waals surface area contributed by atoms with Crippen molar-refractivity contribution in [3.8, 4) is 0 Å². The van der Waals surface area contributed by atoms with Gasteiger partial charge in [-0.25, -0.2) is 9.59 Å². The number of aromatic nitrogens is 2. The van der Waals surface area contributed by atoms with Crippen molar-refractivity contribution in [2.75, 3.05) is 10.2 Å². The number of nitrogens with zero attached hydrogens (tertiary/aromatic N) is 4. The molecule has 0 bridgehead atoms. The summed E-state index contributed by atoms with van der Waals surface area (Å²) in [5, 5.41) is 13.5. The number of anilines is 2. The number of ether oxygens (including phenoxy) is 1. The van der Waals surface area contributed by atoms with Crippen molar-refractivity contribution in [1.29, 1.82) is 0 Å². The summed E-state index contributed by atoms with van der Waals surface area (Å²) in [6.07, 6.45) is -1.06. The average molecular weight is 507 g/mol. The van der Waals surface area contributed by atoms with E-state index in [0.29, 0.717) is 21.5 Å². The molecule has 36 heavy (non-hydrogen) atoms. The molecule has 1 aliphatic carbocycles. The van der Waals surface area contributed by atoms with Gasteiger partial charge in [0, 0.05) is 11.5 Å². The first-order valence-electron chi connectivity index (χ1n) is 11.7. The summed E-state index contributed by atoms with van der Waals surface area (Å²) in [5.41, 5.74) is -0.500. The fourth-order valence-corrected chi connectivity index (χ4v) is 3.82. The lowest BCUT2D eigenvalue weighted by Gasteiger charge is -2.24. The highest BCUT2D eigenvalue weighted by molar-refractivity contribution is 5.97. The second kappa shape index (κ2) is 9.51. The summed E-state index contributed by atoms with van der Waals surface area (Å²) in [6.45, 7) is 11.7. The van der Waals surface area contributed by atoms with E-state index in [4.69, 9.17) is 4.74 Å². The number of halogens is 2. The van der Waals surface area contributed by atoms with Crippen LogP contribution in [0.25, 0.3) is 0 Å². The number of carboxylic acid groups (broad SMARTS) is 1. The lowest BCUT2D eigenvalue weighted by molar-refractivity contribution is -0.122. The van der Waals surface area contributed by atoms with Crippen molar-refractivity contribution in [2.24, 2.45) is 0 Å². The van der Waals surface area contributed by atoms with E-state index in [0.717, 1.165) is 12.8 Å². The Morgan fingerprint density at radius 1 is 1.06 bits per heavy atom. The summed E-state index contributed by atoms with van der Waals surface area (Å²) in [7, 11) is 0. The van der Waals surface area contributed by atoms with Gasteiger partial charge in [-0.2, -0.15) is 5.10 Å². The van der Waals surface area contributed by atoms with Crippen LogP contribution in [0, 0.1) is 0 Å². The number of rotatable bonds is 5. The molecule has 3 rings (SSSR count). The van der Waals surface area contributed by atoms with E-state index in [-0.39, 0.29) is 21.8 Å². The maximum atomic E-state index is 15.7. The van der Waals surface area contributed by atoms with E-state index in [1.54, 1.807) is 41.5 Å². The fraction of sp³-hybridized carbons (Fsp3) is 0.520. The zero-order valence-electron chi connectivity index (χ0n) is 21.5. The summed E-state index contributed by atoms with van der Waals surface area (Å²) >= 11 is 0. The van der Waals surface area contributed by atoms with E-state index >= 15 is 4.48 Å². The van der Waals surface area contributed by atoms with Gasteiger partial charge in [0.1, 0.15) is 5.60 Å². The van der Waals surface area contributed by atoms with Gasteiger partial charge in [0.05, 0.1) is 17.3 Å². The van der Waals surface area contributed by atoms with Crippen molar-refractivity contribution in [2.45, 2.75) is 84.2 Å². The normalized spacial score (nSPS) is 14.8. The number of amides is 2. The molecule has 1 heterocycles. The van der Waals surface area contributed by atoms with Crippen LogP contribution in [0.15, 0.2) is 24.3 Å². The summed E-state index contributed by atoms with van der Waals surface area (Å²) in [5.74, 6) is -2.46. The molecule has 2 amide bonds. The number of hydrogen-bond donors (Lipinski definition) is 1. The first-order valence-corrected chi connectivity index (χ1v) is 11.7. The molecule has 0 saturated heterocycles. The van der Waals surface area contributed by atoms with Gasteiger partial charge in [0.15, 0.2) is 5.82 Å². The molecule has 11 heteroatoms. The Morgan fingerprint density at radius 2 is 1.61 bits per heavy atom. The molecule has 1 N–H and O–H groups in total. The Bertz CT molecular complexity index is 1160. The quantitative estimate of drug-likeness (QED) is 0.482. The summed E-state index contributed by atoms with van der Waals surface area (Å²) < 4.78 is 35.6. The minimum Gasteiger partial charge on any atom is -0.463 e. The zero-order chi connectivity index (χ0) is 27.2. The van der Waals surface area contributed by atoms with Crippen molar-refractivity contribution < 1.29 is 33.2 Å². The van der Waals surface area contributed by atoms with Crippen LogP contribution in [0.1, 0.15) is 90.0 Å². The van der Waals surface area contributed by atoms with Crippen LogP contribution >= 0.6 is 0 Å². The molecule has 1 saturated carbocycles. The van der Waals surface area contributed by atoms with Gasteiger partial charge in [-0.1, -0.05) is 41.9 Å². The molecule has 0 aliphatic heterocycles. The van der Waals surface area contributed by atoms with Crippen molar-refractivity contribution in [1.82, 2.24) is 9.78 Å².